The summed E-state index contributed by atoms with van der Waals surface area (Å²) in [4.78, 5) is 0. The smallest absolute Gasteiger partial charge is 0.260 e. The quantitative estimate of drug-likeness (QED) is 0.892. The zero-order valence-electron chi connectivity index (χ0n) is 10.8. The molecule has 2 aromatic rings. The topological polar surface area (TPSA) is 53.6 Å². The summed E-state index contributed by atoms with van der Waals surface area (Å²) in [5.41, 5.74) is 1.18. The van der Waals surface area contributed by atoms with Gasteiger partial charge in [-0.25, -0.2) is 13.5 Å². The van der Waals surface area contributed by atoms with Crippen molar-refractivity contribution in [3.63, 3.8) is 0 Å². The van der Waals surface area contributed by atoms with E-state index >= 15 is 0 Å². The molecule has 0 spiro atoms. The van der Waals surface area contributed by atoms with Crippen molar-refractivity contribution in [3.05, 3.63) is 46.1 Å². The fourth-order valence-electron chi connectivity index (χ4n) is 2.53. The number of fused-ring (bicyclic) bond motifs is 1. The molecule has 1 aromatic heterocycles. The number of hydrogen-bond acceptors (Lipinski definition) is 3. The molecule has 4 nitrogen and oxygen atoms in total. The molecule has 0 aliphatic carbocycles. The molecule has 108 valence electrons. The number of hydrogen-bond donors (Lipinski definition) is 1. The molecule has 1 aliphatic heterocycles. The van der Waals surface area contributed by atoms with E-state index in [1.54, 1.807) is 0 Å². The average molecular weight is 353 g/mol. The summed E-state index contributed by atoms with van der Waals surface area (Å²) in [7, 11) is 0. The largest absolute Gasteiger partial charge is 0.362 e. The Labute approximate surface area is 128 Å². The highest BCUT2D eigenvalue weighted by Gasteiger charge is 2.35. The molecule has 1 aliphatic rings. The third kappa shape index (κ3) is 2.51. The van der Waals surface area contributed by atoms with Crippen LogP contribution < -0.4 is 5.32 Å². The predicted molar refractivity (Wildman–Crippen MR) is 77.1 cm³/mol. The van der Waals surface area contributed by atoms with Gasteiger partial charge in [0.1, 0.15) is 23.5 Å². The summed E-state index contributed by atoms with van der Waals surface area (Å²) in [5, 5.41) is 16.1. The van der Waals surface area contributed by atoms with Crippen LogP contribution in [0.25, 0.3) is 0 Å². The van der Waals surface area contributed by atoms with Crippen LogP contribution in [0.3, 0.4) is 0 Å². The first-order valence-corrected chi connectivity index (χ1v) is 7.17. The second-order valence-corrected chi connectivity index (χ2v) is 5.76. The minimum absolute atomic E-state index is 0.221. The van der Waals surface area contributed by atoms with Gasteiger partial charge in [-0.15, -0.1) is 0 Å². The number of anilines is 1. The van der Waals surface area contributed by atoms with E-state index in [1.807, 2.05) is 30.3 Å². The van der Waals surface area contributed by atoms with Crippen molar-refractivity contribution < 1.29 is 8.78 Å². The van der Waals surface area contributed by atoms with E-state index in [0.29, 0.717) is 5.82 Å². The summed E-state index contributed by atoms with van der Waals surface area (Å²) >= 11 is 3.35. The lowest BCUT2D eigenvalue weighted by Crippen LogP contribution is -2.31. The highest BCUT2D eigenvalue weighted by Crippen LogP contribution is 2.39. The van der Waals surface area contributed by atoms with Gasteiger partial charge in [0.25, 0.3) is 6.43 Å². The highest BCUT2D eigenvalue weighted by atomic mass is 79.9. The molecule has 0 saturated carbocycles. The summed E-state index contributed by atoms with van der Waals surface area (Å²) < 4.78 is 28.7. The van der Waals surface area contributed by atoms with Crippen LogP contribution in [0, 0.1) is 11.3 Å². The number of aromatic nitrogens is 2. The second-order valence-electron chi connectivity index (χ2n) is 4.85. The van der Waals surface area contributed by atoms with Gasteiger partial charge < -0.3 is 5.32 Å². The molecule has 0 fully saturated rings. The molecule has 21 heavy (non-hydrogen) atoms. The SMILES string of the molecule is N#Cc1cnn2c1N[C@@H](c1ccc(Br)cc1)C[C@@H]2C(F)F. The lowest BCUT2D eigenvalue weighted by molar-refractivity contribution is 0.0658. The summed E-state index contributed by atoms with van der Waals surface area (Å²) in [6, 6.07) is 8.16. The zero-order valence-corrected chi connectivity index (χ0v) is 12.4. The summed E-state index contributed by atoms with van der Waals surface area (Å²) in [5.74, 6) is 0.363. The minimum atomic E-state index is -2.53. The molecule has 1 N–H and O–H groups in total. The molecule has 0 saturated heterocycles. The van der Waals surface area contributed by atoms with E-state index < -0.39 is 12.5 Å². The first kappa shape index (κ1) is 14.0. The first-order chi connectivity index (χ1) is 10.1. The van der Waals surface area contributed by atoms with Gasteiger partial charge in [0.15, 0.2) is 0 Å². The van der Waals surface area contributed by atoms with Crippen LogP contribution in [0.2, 0.25) is 0 Å². The van der Waals surface area contributed by atoms with Gasteiger partial charge in [0, 0.05) is 4.47 Å². The number of nitriles is 1. The van der Waals surface area contributed by atoms with Gasteiger partial charge in [-0.2, -0.15) is 10.4 Å². The van der Waals surface area contributed by atoms with Crippen molar-refractivity contribution in [2.24, 2.45) is 0 Å². The Balaban J connectivity index is 2.00. The third-order valence-corrected chi connectivity index (χ3v) is 4.11. The molecule has 0 radical (unpaired) electrons. The van der Waals surface area contributed by atoms with E-state index in [1.165, 1.54) is 10.9 Å². The first-order valence-electron chi connectivity index (χ1n) is 6.38. The summed E-state index contributed by atoms with van der Waals surface area (Å²) in [6.07, 6.45) is -0.990. The Bertz CT molecular complexity index is 690. The van der Waals surface area contributed by atoms with Crippen molar-refractivity contribution in [1.29, 1.82) is 5.26 Å². The standard InChI is InChI=1S/C14H11BrF2N4/c15-10-3-1-8(2-4-10)11-5-12(13(16)17)21-14(20-11)9(6-18)7-19-21/h1-4,7,11-13,20H,5H2/t11-,12-/m1/s1. The molecule has 0 bridgehead atoms. The number of halogens is 3. The van der Waals surface area contributed by atoms with Crippen molar-refractivity contribution in [1.82, 2.24) is 9.78 Å². The van der Waals surface area contributed by atoms with Crippen LogP contribution in [0.4, 0.5) is 14.6 Å². The average Bonchev–Trinajstić information content (AvgIpc) is 2.89. The summed E-state index contributed by atoms with van der Waals surface area (Å²) in [6.45, 7) is 0. The van der Waals surface area contributed by atoms with Gasteiger partial charge in [-0.05, 0) is 24.1 Å². The van der Waals surface area contributed by atoms with Gasteiger partial charge in [-0.1, -0.05) is 28.1 Å². The Kier molecular flexibility index (Phi) is 3.64. The van der Waals surface area contributed by atoms with Crippen molar-refractivity contribution in [3.8, 4) is 6.07 Å². The lowest BCUT2D eigenvalue weighted by Gasteiger charge is -2.32. The molecular formula is C14H11BrF2N4. The molecule has 0 unspecified atom stereocenters. The molecule has 7 heteroatoms. The van der Waals surface area contributed by atoms with Crippen LogP contribution in [-0.4, -0.2) is 16.2 Å². The monoisotopic (exact) mass is 352 g/mol. The van der Waals surface area contributed by atoms with Crippen LogP contribution in [-0.2, 0) is 0 Å². The Hall–Kier alpha value is -1.94. The van der Waals surface area contributed by atoms with Gasteiger partial charge in [-0.3, -0.25) is 0 Å². The van der Waals surface area contributed by atoms with E-state index in [9.17, 15) is 8.78 Å². The molecule has 0 amide bonds. The van der Waals surface area contributed by atoms with Crippen LogP contribution in [0.1, 0.15) is 29.6 Å². The Morgan fingerprint density at radius 3 is 2.71 bits per heavy atom. The maximum Gasteiger partial charge on any atom is 0.260 e. The van der Waals surface area contributed by atoms with Crippen molar-refractivity contribution in [2.45, 2.75) is 24.9 Å². The molecule has 2 heterocycles. The van der Waals surface area contributed by atoms with Crippen molar-refractivity contribution >= 4 is 21.7 Å². The van der Waals surface area contributed by atoms with Gasteiger partial charge >= 0.3 is 0 Å². The highest BCUT2D eigenvalue weighted by molar-refractivity contribution is 9.10. The maximum atomic E-state index is 13.3. The van der Waals surface area contributed by atoms with E-state index in [0.717, 1.165) is 10.0 Å². The zero-order chi connectivity index (χ0) is 15.0. The van der Waals surface area contributed by atoms with E-state index in [4.69, 9.17) is 5.26 Å². The number of benzene rings is 1. The fraction of sp³-hybridized carbons (Fsp3) is 0.286. The fourth-order valence-corrected chi connectivity index (χ4v) is 2.79. The molecule has 3 rings (SSSR count). The van der Waals surface area contributed by atoms with Crippen molar-refractivity contribution in [2.75, 3.05) is 5.32 Å². The molecule has 2 atom stereocenters. The van der Waals surface area contributed by atoms with E-state index in [-0.39, 0.29) is 18.0 Å². The lowest BCUT2D eigenvalue weighted by atomic mass is 9.97. The Morgan fingerprint density at radius 1 is 1.38 bits per heavy atom. The van der Waals surface area contributed by atoms with E-state index in [2.05, 4.69) is 26.3 Å². The van der Waals surface area contributed by atoms with Crippen LogP contribution in [0.5, 0.6) is 0 Å². The third-order valence-electron chi connectivity index (χ3n) is 3.58. The minimum Gasteiger partial charge on any atom is -0.362 e. The predicted octanol–water partition coefficient (Wildman–Crippen LogP) is 3.88. The van der Waals surface area contributed by atoms with Gasteiger partial charge in [0.2, 0.25) is 0 Å². The Morgan fingerprint density at radius 2 is 2.10 bits per heavy atom. The molecular weight excluding hydrogens is 342 g/mol. The maximum absolute atomic E-state index is 13.3. The number of rotatable bonds is 2. The number of alkyl halides is 2. The van der Waals surface area contributed by atoms with Crippen LogP contribution >= 0.6 is 15.9 Å². The van der Waals surface area contributed by atoms with Crippen LogP contribution in [0.15, 0.2) is 34.9 Å². The normalized spacial score (nSPS) is 20.7. The molecule has 1 aromatic carbocycles. The second kappa shape index (κ2) is 5.45. The number of nitrogens with zero attached hydrogens (tertiary/aromatic N) is 3. The van der Waals surface area contributed by atoms with Gasteiger partial charge in [0.05, 0.1) is 12.2 Å². The number of nitrogens with one attached hydrogen (secondary N) is 1.